The number of hydrogen-bond acceptors (Lipinski definition) is 4. The Labute approximate surface area is 88.1 Å². The molecule has 0 saturated carbocycles. The van der Waals surface area contributed by atoms with Gasteiger partial charge in [0.25, 0.3) is 0 Å². The first-order valence-electron chi connectivity index (χ1n) is 3.30. The number of carbonyl (C=O) groups excluding carboxylic acids is 1. The molecule has 1 rings (SSSR count). The van der Waals surface area contributed by atoms with Crippen LogP contribution in [0.2, 0.25) is 0 Å². The van der Waals surface area contributed by atoms with Gasteiger partial charge in [0.1, 0.15) is 0 Å². The maximum atomic E-state index is 10.4. The quantitative estimate of drug-likeness (QED) is 0.479. The van der Waals surface area contributed by atoms with Gasteiger partial charge in [0.2, 0.25) is 0 Å². The van der Waals surface area contributed by atoms with Gasteiger partial charge in [-0.25, -0.2) is 0 Å². The van der Waals surface area contributed by atoms with Gasteiger partial charge in [0.15, 0.2) is 0 Å². The molecule has 0 radical (unpaired) electrons. The predicted octanol–water partition coefficient (Wildman–Crippen LogP) is -0.852. The number of ether oxygens (including phenoxy) is 1. The summed E-state index contributed by atoms with van der Waals surface area (Å²) in [5.74, 6) is -0.262. The average molecular weight is 169 g/mol. The molecule has 0 aromatic carbocycles. The van der Waals surface area contributed by atoms with E-state index in [1.807, 2.05) is 0 Å². The van der Waals surface area contributed by atoms with E-state index in [0.29, 0.717) is 26.3 Å². The van der Waals surface area contributed by atoms with Gasteiger partial charge in [-0.3, -0.25) is 4.79 Å². The SMILES string of the molecule is CC(=O)ON1CCOCC1.[NaH]. The van der Waals surface area contributed by atoms with Crippen molar-refractivity contribution in [1.29, 1.82) is 0 Å². The number of hydroxylamine groups is 2. The zero-order valence-corrected chi connectivity index (χ0v) is 6.00. The van der Waals surface area contributed by atoms with Crippen LogP contribution < -0.4 is 0 Å². The third kappa shape index (κ3) is 4.76. The van der Waals surface area contributed by atoms with E-state index in [1.165, 1.54) is 6.92 Å². The Bertz CT molecular complexity index is 125. The van der Waals surface area contributed by atoms with Crippen molar-refractivity contribution in [3.05, 3.63) is 0 Å². The van der Waals surface area contributed by atoms with Gasteiger partial charge in [-0.05, 0) is 0 Å². The molecule has 5 heteroatoms. The van der Waals surface area contributed by atoms with Crippen LogP contribution in [-0.2, 0) is 14.4 Å². The molecular formula is C6H12NNaO3. The summed E-state index contributed by atoms with van der Waals surface area (Å²) in [6.07, 6.45) is 0. The van der Waals surface area contributed by atoms with Crippen LogP contribution in [0.25, 0.3) is 0 Å². The summed E-state index contributed by atoms with van der Waals surface area (Å²) >= 11 is 0. The molecule has 0 aromatic rings. The molecule has 60 valence electrons. The van der Waals surface area contributed by atoms with Crippen LogP contribution in [0.4, 0.5) is 0 Å². The van der Waals surface area contributed by atoms with Crippen LogP contribution in [0, 0.1) is 0 Å². The van der Waals surface area contributed by atoms with Crippen LogP contribution in [-0.4, -0.2) is 66.9 Å². The second kappa shape index (κ2) is 5.97. The Morgan fingerprint density at radius 2 is 2.00 bits per heavy atom. The first-order valence-corrected chi connectivity index (χ1v) is 3.30. The molecule has 1 aliphatic rings. The summed E-state index contributed by atoms with van der Waals surface area (Å²) in [6, 6.07) is 0. The normalized spacial score (nSPS) is 18.6. The van der Waals surface area contributed by atoms with Crippen LogP contribution in [0.3, 0.4) is 0 Å². The summed E-state index contributed by atoms with van der Waals surface area (Å²) < 4.78 is 5.05. The van der Waals surface area contributed by atoms with Gasteiger partial charge >= 0.3 is 35.5 Å². The summed E-state index contributed by atoms with van der Waals surface area (Å²) in [7, 11) is 0. The van der Waals surface area contributed by atoms with Crippen molar-refractivity contribution >= 4 is 35.5 Å². The molecule has 1 heterocycles. The number of morpholine rings is 1. The summed E-state index contributed by atoms with van der Waals surface area (Å²) in [5.41, 5.74) is 0. The van der Waals surface area contributed by atoms with E-state index < -0.39 is 0 Å². The Kier molecular flexibility index (Phi) is 6.18. The van der Waals surface area contributed by atoms with Crippen LogP contribution in [0.1, 0.15) is 6.92 Å². The van der Waals surface area contributed by atoms with Gasteiger partial charge in [-0.15, -0.1) is 5.06 Å². The molecule has 0 N–H and O–H groups in total. The molecule has 11 heavy (non-hydrogen) atoms. The molecule has 0 spiro atoms. The molecule has 0 aromatic heterocycles. The average Bonchev–Trinajstić information content (AvgIpc) is 1.88. The Morgan fingerprint density at radius 1 is 1.45 bits per heavy atom. The fraction of sp³-hybridized carbons (Fsp3) is 0.833. The van der Waals surface area contributed by atoms with Crippen molar-refractivity contribution in [1.82, 2.24) is 5.06 Å². The third-order valence-electron chi connectivity index (χ3n) is 1.23. The third-order valence-corrected chi connectivity index (χ3v) is 1.23. The zero-order chi connectivity index (χ0) is 7.40. The zero-order valence-electron chi connectivity index (χ0n) is 6.00. The monoisotopic (exact) mass is 169 g/mol. The molecule has 4 nitrogen and oxygen atoms in total. The van der Waals surface area contributed by atoms with Crippen LogP contribution in [0.15, 0.2) is 0 Å². The maximum absolute atomic E-state index is 10.4. The van der Waals surface area contributed by atoms with Gasteiger partial charge in [0.05, 0.1) is 26.3 Å². The summed E-state index contributed by atoms with van der Waals surface area (Å²) in [6.45, 7) is 4.05. The van der Waals surface area contributed by atoms with Gasteiger partial charge in [-0.1, -0.05) is 0 Å². The predicted molar refractivity (Wildman–Crippen MR) is 41.3 cm³/mol. The summed E-state index contributed by atoms with van der Waals surface area (Å²) in [4.78, 5) is 15.2. The number of rotatable bonds is 1. The molecule has 0 amide bonds. The minimum atomic E-state index is -0.262. The molecule has 1 fully saturated rings. The molecule has 0 aliphatic carbocycles. The molecule has 1 aliphatic heterocycles. The first-order chi connectivity index (χ1) is 4.79. The van der Waals surface area contributed by atoms with E-state index in [0.717, 1.165) is 0 Å². The van der Waals surface area contributed by atoms with Crippen molar-refractivity contribution in [2.75, 3.05) is 26.3 Å². The Balaban J connectivity index is 0.000001000. The number of carbonyl (C=O) groups is 1. The van der Waals surface area contributed by atoms with Crippen molar-refractivity contribution in [2.45, 2.75) is 6.92 Å². The van der Waals surface area contributed by atoms with E-state index in [2.05, 4.69) is 0 Å². The Hall–Kier alpha value is 0.390. The van der Waals surface area contributed by atoms with E-state index in [9.17, 15) is 4.79 Å². The van der Waals surface area contributed by atoms with E-state index in [4.69, 9.17) is 9.57 Å². The second-order valence-electron chi connectivity index (χ2n) is 2.12. The van der Waals surface area contributed by atoms with Crippen molar-refractivity contribution in [3.63, 3.8) is 0 Å². The molecular weight excluding hydrogens is 157 g/mol. The molecule has 0 atom stereocenters. The van der Waals surface area contributed by atoms with Gasteiger partial charge < -0.3 is 9.57 Å². The Morgan fingerprint density at radius 3 is 2.45 bits per heavy atom. The fourth-order valence-electron chi connectivity index (χ4n) is 0.820. The van der Waals surface area contributed by atoms with Crippen molar-refractivity contribution < 1.29 is 14.4 Å². The van der Waals surface area contributed by atoms with Gasteiger partial charge in [-0.2, -0.15) is 0 Å². The van der Waals surface area contributed by atoms with E-state index >= 15 is 0 Å². The van der Waals surface area contributed by atoms with Crippen molar-refractivity contribution in [2.24, 2.45) is 0 Å². The van der Waals surface area contributed by atoms with Gasteiger partial charge in [0, 0.05) is 6.92 Å². The number of hydrogen-bond donors (Lipinski definition) is 0. The summed E-state index contributed by atoms with van der Waals surface area (Å²) in [5, 5.41) is 1.62. The standard InChI is InChI=1S/C6H11NO3.Na.H/c1-6(8)10-7-2-4-9-5-3-7;;/h2-5H2,1H3;;. The van der Waals surface area contributed by atoms with Crippen LogP contribution >= 0.6 is 0 Å². The fourth-order valence-corrected chi connectivity index (χ4v) is 0.820. The first kappa shape index (κ1) is 11.4. The molecule has 1 saturated heterocycles. The number of nitrogens with zero attached hydrogens (tertiary/aromatic N) is 1. The van der Waals surface area contributed by atoms with Crippen molar-refractivity contribution in [3.8, 4) is 0 Å². The van der Waals surface area contributed by atoms with Crippen LogP contribution in [0.5, 0.6) is 0 Å². The van der Waals surface area contributed by atoms with E-state index in [1.54, 1.807) is 5.06 Å². The minimum absolute atomic E-state index is 0. The topological polar surface area (TPSA) is 38.8 Å². The second-order valence-corrected chi connectivity index (χ2v) is 2.12. The molecule has 0 unspecified atom stereocenters. The van der Waals surface area contributed by atoms with E-state index in [-0.39, 0.29) is 35.5 Å². The molecule has 0 bridgehead atoms.